The molecule has 2 N–H and O–H groups in total. The van der Waals surface area contributed by atoms with Gasteiger partial charge in [-0.15, -0.1) is 11.8 Å². The molecule has 0 saturated heterocycles. The molecule has 0 spiro atoms. The number of hydrogen-bond donors (Lipinski definition) is 1. The van der Waals surface area contributed by atoms with Crippen LogP contribution < -0.4 is 10.5 Å². The van der Waals surface area contributed by atoms with Gasteiger partial charge in [-0.3, -0.25) is 0 Å². The van der Waals surface area contributed by atoms with Crippen LogP contribution in [0.3, 0.4) is 0 Å². The Labute approximate surface area is 136 Å². The van der Waals surface area contributed by atoms with E-state index in [1.54, 1.807) is 7.11 Å². The number of ether oxygens (including phenoxy) is 1. The molecule has 0 bridgehead atoms. The third-order valence-electron chi connectivity index (χ3n) is 3.57. The molecule has 0 unspecified atom stereocenters. The van der Waals surface area contributed by atoms with Crippen LogP contribution in [0, 0.1) is 0 Å². The van der Waals surface area contributed by atoms with Crippen molar-refractivity contribution in [2.75, 3.05) is 39.0 Å². The summed E-state index contributed by atoms with van der Waals surface area (Å²) in [4.78, 5) is 5.76. The van der Waals surface area contributed by atoms with Gasteiger partial charge in [0.25, 0.3) is 0 Å². The first-order valence-electron chi connectivity index (χ1n) is 7.23. The Morgan fingerprint density at radius 2 is 2.33 bits per heavy atom. The zero-order valence-electron chi connectivity index (χ0n) is 12.7. The van der Waals surface area contributed by atoms with Crippen LogP contribution in [0.25, 0.3) is 0 Å². The summed E-state index contributed by atoms with van der Waals surface area (Å²) in [6.07, 6.45) is 0. The molecule has 1 aromatic rings. The van der Waals surface area contributed by atoms with E-state index in [1.807, 2.05) is 17.8 Å². The fourth-order valence-corrected chi connectivity index (χ4v) is 3.79. The Morgan fingerprint density at radius 3 is 3.00 bits per heavy atom. The lowest BCUT2D eigenvalue weighted by molar-refractivity contribution is 0.344. The molecular formula is C15H23N3OS2. The molecule has 4 nitrogen and oxygen atoms in total. The summed E-state index contributed by atoms with van der Waals surface area (Å²) in [5.74, 6) is 1.94. The second-order valence-electron chi connectivity index (χ2n) is 4.89. The normalized spacial score (nSPS) is 14.3. The summed E-state index contributed by atoms with van der Waals surface area (Å²) in [6, 6.07) is 6.28. The molecule has 6 heteroatoms. The number of thiocarbonyl (C=S) groups is 1. The lowest BCUT2D eigenvalue weighted by atomic mass is 10.2. The minimum Gasteiger partial charge on any atom is -0.497 e. The Kier molecular flexibility index (Phi) is 6.14. The number of methoxy groups -OCH3 is 1. The van der Waals surface area contributed by atoms with Gasteiger partial charge in [0.15, 0.2) is 5.11 Å². The van der Waals surface area contributed by atoms with E-state index < -0.39 is 0 Å². The summed E-state index contributed by atoms with van der Waals surface area (Å²) >= 11 is 7.55. The highest BCUT2D eigenvalue weighted by molar-refractivity contribution is 7.99. The van der Waals surface area contributed by atoms with Crippen LogP contribution in [0.4, 0.5) is 0 Å². The van der Waals surface area contributed by atoms with Crippen LogP contribution in [-0.2, 0) is 6.54 Å². The van der Waals surface area contributed by atoms with E-state index in [-0.39, 0.29) is 0 Å². The van der Waals surface area contributed by atoms with Gasteiger partial charge < -0.3 is 20.3 Å². The topological polar surface area (TPSA) is 41.7 Å². The minimum atomic E-state index is 0.626. The highest BCUT2D eigenvalue weighted by atomic mass is 32.2. The Hall–Kier alpha value is -0.980. The molecule has 0 saturated carbocycles. The van der Waals surface area contributed by atoms with E-state index in [0.717, 1.165) is 42.8 Å². The van der Waals surface area contributed by atoms with Gasteiger partial charge in [0.05, 0.1) is 7.11 Å². The zero-order valence-corrected chi connectivity index (χ0v) is 14.3. The Morgan fingerprint density at radius 1 is 1.52 bits per heavy atom. The molecule has 1 aliphatic heterocycles. The molecule has 0 radical (unpaired) electrons. The quantitative estimate of drug-likeness (QED) is 0.856. The number of rotatable bonds is 4. The lowest BCUT2D eigenvalue weighted by Crippen LogP contribution is -2.45. The maximum absolute atomic E-state index is 5.68. The van der Waals surface area contributed by atoms with Gasteiger partial charge in [-0.05, 0) is 42.9 Å². The van der Waals surface area contributed by atoms with Gasteiger partial charge in [-0.1, -0.05) is 0 Å². The molecule has 0 aromatic heterocycles. The van der Waals surface area contributed by atoms with Gasteiger partial charge in [0.2, 0.25) is 0 Å². The van der Waals surface area contributed by atoms with Crippen molar-refractivity contribution in [1.29, 1.82) is 0 Å². The summed E-state index contributed by atoms with van der Waals surface area (Å²) in [5.41, 5.74) is 6.96. The van der Waals surface area contributed by atoms with Crippen LogP contribution in [0.1, 0.15) is 12.5 Å². The molecule has 2 rings (SSSR count). The summed E-state index contributed by atoms with van der Waals surface area (Å²) in [6.45, 7) is 6.24. The van der Waals surface area contributed by atoms with E-state index in [2.05, 4.69) is 28.9 Å². The second-order valence-corrected chi connectivity index (χ2v) is 6.40. The summed E-state index contributed by atoms with van der Waals surface area (Å²) in [5, 5.41) is 0.902. The Balaban J connectivity index is 2.17. The highest BCUT2D eigenvalue weighted by Crippen LogP contribution is 2.30. The average Bonchev–Trinajstić information content (AvgIpc) is 2.73. The van der Waals surface area contributed by atoms with Crippen LogP contribution in [-0.4, -0.2) is 54.0 Å². The van der Waals surface area contributed by atoms with Gasteiger partial charge in [0.1, 0.15) is 5.75 Å². The average molecular weight is 326 g/mol. The predicted molar refractivity (Wildman–Crippen MR) is 93.0 cm³/mol. The maximum Gasteiger partial charge on any atom is 0.171 e. The largest absolute Gasteiger partial charge is 0.497 e. The van der Waals surface area contributed by atoms with Crippen molar-refractivity contribution in [2.45, 2.75) is 18.4 Å². The van der Waals surface area contributed by atoms with E-state index in [9.17, 15) is 0 Å². The monoisotopic (exact) mass is 325 g/mol. The van der Waals surface area contributed by atoms with E-state index in [4.69, 9.17) is 22.7 Å². The van der Waals surface area contributed by atoms with Crippen molar-refractivity contribution in [3.63, 3.8) is 0 Å². The second kappa shape index (κ2) is 7.87. The predicted octanol–water partition coefficient (Wildman–Crippen LogP) is 2.17. The summed E-state index contributed by atoms with van der Waals surface area (Å²) in [7, 11) is 1.70. The van der Waals surface area contributed by atoms with Gasteiger partial charge in [-0.25, -0.2) is 0 Å². The fraction of sp³-hybridized carbons (Fsp3) is 0.533. The van der Waals surface area contributed by atoms with Crippen LogP contribution in [0.5, 0.6) is 5.75 Å². The smallest absolute Gasteiger partial charge is 0.171 e. The van der Waals surface area contributed by atoms with E-state index in [0.29, 0.717) is 6.54 Å². The third-order valence-corrected chi connectivity index (χ3v) is 5.18. The number of hydrogen-bond acceptors (Lipinski definition) is 4. The molecule has 0 atom stereocenters. The van der Waals surface area contributed by atoms with Crippen molar-refractivity contribution < 1.29 is 4.74 Å². The Bertz CT molecular complexity index is 496. The fourth-order valence-electron chi connectivity index (χ4n) is 2.41. The van der Waals surface area contributed by atoms with E-state index >= 15 is 0 Å². The highest BCUT2D eigenvalue weighted by Gasteiger charge is 2.20. The first kappa shape index (κ1) is 16.4. The number of nitrogens with zero attached hydrogens (tertiary/aromatic N) is 2. The molecule has 116 valence electrons. The van der Waals surface area contributed by atoms with E-state index in [1.165, 1.54) is 10.5 Å². The van der Waals surface area contributed by atoms with Crippen LogP contribution >= 0.6 is 24.0 Å². The molecule has 1 heterocycles. The number of nitrogens with two attached hydrogens (primary N) is 1. The van der Waals surface area contributed by atoms with Crippen LogP contribution in [0.15, 0.2) is 23.1 Å². The van der Waals surface area contributed by atoms with Gasteiger partial charge in [-0.2, -0.15) is 0 Å². The minimum absolute atomic E-state index is 0.626. The van der Waals surface area contributed by atoms with Crippen molar-refractivity contribution in [3.05, 3.63) is 23.8 Å². The summed E-state index contributed by atoms with van der Waals surface area (Å²) < 4.78 is 5.34. The zero-order chi connectivity index (χ0) is 15.2. The third kappa shape index (κ3) is 4.02. The van der Waals surface area contributed by atoms with Crippen molar-refractivity contribution in [2.24, 2.45) is 5.73 Å². The first-order chi connectivity index (χ1) is 10.2. The molecule has 0 amide bonds. The van der Waals surface area contributed by atoms with Crippen LogP contribution in [0.2, 0.25) is 0 Å². The number of benzene rings is 1. The molecule has 1 aliphatic rings. The molecule has 1 aromatic carbocycles. The lowest BCUT2D eigenvalue weighted by Gasteiger charge is -2.32. The molecule has 0 aliphatic carbocycles. The maximum atomic E-state index is 5.68. The number of thioether (sulfide) groups is 1. The molecule has 0 fully saturated rings. The first-order valence-corrected chi connectivity index (χ1v) is 8.62. The van der Waals surface area contributed by atoms with Gasteiger partial charge >= 0.3 is 0 Å². The van der Waals surface area contributed by atoms with Gasteiger partial charge in [0, 0.05) is 43.4 Å². The molecule has 21 heavy (non-hydrogen) atoms. The number of fused-ring (bicyclic) bond motifs is 1. The number of likely N-dealkylation sites (N-methyl/N-ethyl adjacent to an activating group) is 1. The molecular weight excluding hydrogens is 302 g/mol. The van der Waals surface area contributed by atoms with Crippen molar-refractivity contribution >= 4 is 29.1 Å². The SMILES string of the molecule is CCN(CCN)C(=S)N1CCSc2ccc(OC)cc2C1. The standard InChI is InChI=1S/C15H23N3OS2/c1-3-17(7-6-16)15(20)18-8-9-21-14-5-4-13(19-2)10-12(14)11-18/h4-5,10H,3,6-9,11,16H2,1-2H3. The van der Waals surface area contributed by atoms with Crippen molar-refractivity contribution in [3.8, 4) is 5.75 Å². The van der Waals surface area contributed by atoms with Crippen molar-refractivity contribution in [1.82, 2.24) is 9.80 Å².